The van der Waals surface area contributed by atoms with E-state index in [9.17, 15) is 17.6 Å². The molecule has 5 nitrogen and oxygen atoms in total. The number of sulfonamides is 1. The van der Waals surface area contributed by atoms with Gasteiger partial charge in [0.2, 0.25) is 5.91 Å². The molecule has 0 saturated carbocycles. The zero-order valence-corrected chi connectivity index (χ0v) is 18.5. The second kappa shape index (κ2) is 8.37. The lowest BCUT2D eigenvalue weighted by Gasteiger charge is -2.33. The Hall–Kier alpha value is -1.42. The van der Waals surface area contributed by atoms with E-state index >= 15 is 0 Å². The van der Waals surface area contributed by atoms with E-state index in [1.165, 1.54) is 33.5 Å². The number of nitrogens with zero attached hydrogens (tertiary/aromatic N) is 1. The van der Waals surface area contributed by atoms with Crippen molar-refractivity contribution in [1.82, 2.24) is 9.62 Å². The summed E-state index contributed by atoms with van der Waals surface area (Å²) in [6.07, 6.45) is 2.03. The van der Waals surface area contributed by atoms with E-state index < -0.39 is 15.9 Å². The normalized spacial score (nSPS) is 22.8. The van der Waals surface area contributed by atoms with Crippen LogP contribution in [0.25, 0.3) is 0 Å². The lowest BCUT2D eigenvalue weighted by Crippen LogP contribution is -2.46. The van der Waals surface area contributed by atoms with Gasteiger partial charge in [-0.2, -0.15) is 4.31 Å². The van der Waals surface area contributed by atoms with Gasteiger partial charge in [-0.15, -0.1) is 23.1 Å². The van der Waals surface area contributed by atoms with Crippen molar-refractivity contribution in [2.45, 2.75) is 41.3 Å². The standard InChI is InChI=1S/C20H23FN2O3S3/c1-13-7-8-18(28-13)29(25,26)23-10-3-4-14(12-23)20(24)22-17-9-11-27-19-15(17)5-2-6-16(19)21/h2,5-8,14,17H,3-4,9-12H2,1H3,(H,22,24). The fourth-order valence-electron chi connectivity index (χ4n) is 3.88. The Morgan fingerprint density at radius 2 is 2.07 bits per heavy atom. The topological polar surface area (TPSA) is 66.5 Å². The van der Waals surface area contributed by atoms with E-state index in [0.29, 0.717) is 28.5 Å². The van der Waals surface area contributed by atoms with Gasteiger partial charge in [-0.25, -0.2) is 12.8 Å². The van der Waals surface area contributed by atoms with Crippen LogP contribution < -0.4 is 5.32 Å². The molecule has 0 spiro atoms. The minimum absolute atomic E-state index is 0.153. The molecule has 0 bridgehead atoms. The van der Waals surface area contributed by atoms with Gasteiger partial charge in [-0.1, -0.05) is 12.1 Å². The Balaban J connectivity index is 1.47. The van der Waals surface area contributed by atoms with Gasteiger partial charge < -0.3 is 5.32 Å². The van der Waals surface area contributed by atoms with E-state index in [-0.39, 0.29) is 24.3 Å². The van der Waals surface area contributed by atoms with Gasteiger partial charge >= 0.3 is 0 Å². The van der Waals surface area contributed by atoms with Crippen molar-refractivity contribution in [3.63, 3.8) is 0 Å². The molecule has 1 aromatic carbocycles. The highest BCUT2D eigenvalue weighted by Gasteiger charge is 2.35. The number of halogens is 1. The van der Waals surface area contributed by atoms with Gasteiger partial charge in [0.1, 0.15) is 10.0 Å². The molecule has 0 radical (unpaired) electrons. The molecule has 1 fully saturated rings. The van der Waals surface area contributed by atoms with E-state index in [1.807, 2.05) is 13.0 Å². The number of piperidine rings is 1. The molecular weight excluding hydrogens is 431 g/mol. The predicted molar refractivity (Wildman–Crippen MR) is 113 cm³/mol. The van der Waals surface area contributed by atoms with Gasteiger partial charge in [0.15, 0.2) is 0 Å². The number of thiophene rings is 1. The lowest BCUT2D eigenvalue weighted by molar-refractivity contribution is -0.126. The van der Waals surface area contributed by atoms with Gasteiger partial charge in [-0.3, -0.25) is 4.79 Å². The number of nitrogens with one attached hydrogen (secondary N) is 1. The third-order valence-electron chi connectivity index (χ3n) is 5.41. The first-order valence-corrected chi connectivity index (χ1v) is 12.9. The number of thioether (sulfide) groups is 1. The Bertz CT molecular complexity index is 1020. The van der Waals surface area contributed by atoms with Crippen LogP contribution in [0, 0.1) is 18.7 Å². The molecule has 2 aromatic rings. The average Bonchev–Trinajstić information content (AvgIpc) is 3.16. The highest BCUT2D eigenvalue weighted by molar-refractivity contribution is 7.99. The van der Waals surface area contributed by atoms with Crippen LogP contribution in [0.2, 0.25) is 0 Å². The van der Waals surface area contributed by atoms with E-state index in [0.717, 1.165) is 22.6 Å². The van der Waals surface area contributed by atoms with Crippen molar-refractivity contribution in [2.75, 3.05) is 18.8 Å². The molecule has 2 aliphatic rings. The summed E-state index contributed by atoms with van der Waals surface area (Å²) in [5, 5.41) is 3.05. The van der Waals surface area contributed by atoms with E-state index in [4.69, 9.17) is 0 Å². The fourth-order valence-corrected chi connectivity index (χ4v) is 7.98. The summed E-state index contributed by atoms with van der Waals surface area (Å²) in [4.78, 5) is 14.5. The summed E-state index contributed by atoms with van der Waals surface area (Å²) < 4.78 is 41.7. The van der Waals surface area contributed by atoms with Gasteiger partial charge in [0.25, 0.3) is 10.0 Å². The Morgan fingerprint density at radius 1 is 1.24 bits per heavy atom. The van der Waals surface area contributed by atoms with Crippen LogP contribution in [0.15, 0.2) is 39.4 Å². The Kier molecular flexibility index (Phi) is 6.02. The van der Waals surface area contributed by atoms with Crippen molar-refractivity contribution >= 4 is 39.0 Å². The highest BCUT2D eigenvalue weighted by Crippen LogP contribution is 2.38. The van der Waals surface area contributed by atoms with Crippen molar-refractivity contribution in [3.8, 4) is 0 Å². The number of carbonyl (C=O) groups excluding carboxylic acids is 1. The average molecular weight is 455 g/mol. The molecule has 3 heterocycles. The quantitative estimate of drug-likeness (QED) is 0.760. The number of carbonyl (C=O) groups is 1. The third-order valence-corrected chi connectivity index (χ3v) is 9.90. The highest BCUT2D eigenvalue weighted by atomic mass is 32.2. The second-order valence-corrected chi connectivity index (χ2v) is 12.0. The molecule has 9 heteroatoms. The van der Waals surface area contributed by atoms with Crippen LogP contribution in [-0.2, 0) is 14.8 Å². The maximum Gasteiger partial charge on any atom is 0.252 e. The maximum atomic E-state index is 14.1. The predicted octanol–water partition coefficient (Wildman–Crippen LogP) is 3.95. The molecule has 1 amide bonds. The number of aryl methyl sites for hydroxylation is 1. The SMILES string of the molecule is Cc1ccc(S(=O)(=O)N2CCCC(C(=O)NC3CCSc4c(F)cccc43)C2)s1. The Labute approximate surface area is 178 Å². The number of amides is 1. The first-order valence-electron chi connectivity index (χ1n) is 9.64. The van der Waals surface area contributed by atoms with E-state index in [2.05, 4.69) is 5.32 Å². The second-order valence-electron chi connectivity index (χ2n) is 7.42. The number of benzene rings is 1. The molecule has 4 rings (SSSR count). The molecule has 1 N–H and O–H groups in total. The summed E-state index contributed by atoms with van der Waals surface area (Å²) in [5.41, 5.74) is 0.809. The molecule has 1 aromatic heterocycles. The molecule has 156 valence electrons. The molecular formula is C20H23FN2O3S3. The smallest absolute Gasteiger partial charge is 0.252 e. The van der Waals surface area contributed by atoms with Crippen LogP contribution in [0.1, 0.15) is 35.7 Å². The number of hydrogen-bond donors (Lipinski definition) is 1. The van der Waals surface area contributed by atoms with Gasteiger partial charge in [-0.05, 0) is 49.9 Å². The van der Waals surface area contributed by atoms with E-state index in [1.54, 1.807) is 18.2 Å². The number of hydrogen-bond acceptors (Lipinski definition) is 5. The third kappa shape index (κ3) is 4.23. The number of fused-ring (bicyclic) bond motifs is 1. The maximum absolute atomic E-state index is 14.1. The molecule has 2 unspecified atom stereocenters. The zero-order valence-electron chi connectivity index (χ0n) is 16.1. The molecule has 0 aliphatic carbocycles. The van der Waals surface area contributed by atoms with Crippen LogP contribution in [-0.4, -0.2) is 37.5 Å². The fraction of sp³-hybridized carbons (Fsp3) is 0.450. The summed E-state index contributed by atoms with van der Waals surface area (Å²) in [5.74, 6) is -0.0694. The van der Waals surface area contributed by atoms with Crippen molar-refractivity contribution in [2.24, 2.45) is 5.92 Å². The van der Waals surface area contributed by atoms with Crippen LogP contribution in [0.3, 0.4) is 0 Å². The van der Waals surface area contributed by atoms with Crippen molar-refractivity contribution < 1.29 is 17.6 Å². The molecule has 2 atom stereocenters. The lowest BCUT2D eigenvalue weighted by atomic mass is 9.97. The van der Waals surface area contributed by atoms with Gasteiger partial charge in [0.05, 0.1) is 12.0 Å². The Morgan fingerprint density at radius 3 is 2.83 bits per heavy atom. The minimum Gasteiger partial charge on any atom is -0.349 e. The molecule has 1 saturated heterocycles. The molecule has 29 heavy (non-hydrogen) atoms. The van der Waals surface area contributed by atoms with Crippen LogP contribution in [0.4, 0.5) is 4.39 Å². The summed E-state index contributed by atoms with van der Waals surface area (Å²) >= 11 is 2.72. The van der Waals surface area contributed by atoms with Gasteiger partial charge in [0, 0.05) is 28.6 Å². The first-order chi connectivity index (χ1) is 13.9. The summed E-state index contributed by atoms with van der Waals surface area (Å²) in [6, 6.07) is 8.14. The molecule has 2 aliphatic heterocycles. The first kappa shape index (κ1) is 20.8. The van der Waals surface area contributed by atoms with Crippen LogP contribution in [0.5, 0.6) is 0 Å². The number of rotatable bonds is 4. The largest absolute Gasteiger partial charge is 0.349 e. The summed E-state index contributed by atoms with van der Waals surface area (Å²) in [7, 11) is -3.58. The van der Waals surface area contributed by atoms with Crippen molar-refractivity contribution in [3.05, 3.63) is 46.6 Å². The minimum atomic E-state index is -3.58. The monoisotopic (exact) mass is 454 g/mol. The van der Waals surface area contributed by atoms with Crippen molar-refractivity contribution in [1.29, 1.82) is 0 Å². The zero-order chi connectivity index (χ0) is 20.6. The summed E-state index contributed by atoms with van der Waals surface area (Å²) in [6.45, 7) is 2.49. The van der Waals surface area contributed by atoms with Crippen LogP contribution >= 0.6 is 23.1 Å².